The zero-order valence-corrected chi connectivity index (χ0v) is 13.8. The molecule has 110 valence electrons. The number of hydrogen-bond donors (Lipinski definition) is 2. The Morgan fingerprint density at radius 3 is 2.71 bits per heavy atom. The molecule has 0 bridgehead atoms. The van der Waals surface area contributed by atoms with E-state index in [0.29, 0.717) is 16.3 Å². The molecule has 2 rings (SSSR count). The Kier molecular flexibility index (Phi) is 4.74. The number of hydrogen-bond acceptors (Lipinski definition) is 4. The highest BCUT2D eigenvalue weighted by Crippen LogP contribution is 2.19. The lowest BCUT2D eigenvalue weighted by molar-refractivity contribution is 0.0701. The molecular formula is C14H13BrN2O3S. The maximum absolute atomic E-state index is 12.1. The van der Waals surface area contributed by atoms with E-state index in [1.165, 1.54) is 0 Å². The third kappa shape index (κ3) is 3.68. The molecule has 0 aliphatic carbocycles. The molecule has 1 aromatic heterocycles. The number of benzene rings is 1. The van der Waals surface area contributed by atoms with Crippen LogP contribution < -0.4 is 5.32 Å². The Bertz CT molecular complexity index is 712. The van der Waals surface area contributed by atoms with Crippen molar-refractivity contribution in [1.29, 1.82) is 0 Å². The Balaban J connectivity index is 2.09. The van der Waals surface area contributed by atoms with Crippen LogP contribution in [0.4, 0.5) is 0 Å². The fourth-order valence-electron chi connectivity index (χ4n) is 1.82. The highest BCUT2D eigenvalue weighted by molar-refractivity contribution is 9.10. The number of aryl methyl sites for hydroxylation is 2. The number of amides is 1. The van der Waals surface area contributed by atoms with E-state index in [1.54, 1.807) is 13.0 Å². The smallest absolute Gasteiger partial charge is 0.347 e. The lowest BCUT2D eigenvalue weighted by Gasteiger charge is -2.06. The average molecular weight is 369 g/mol. The van der Waals surface area contributed by atoms with Crippen LogP contribution in [0.1, 0.15) is 36.3 Å². The van der Waals surface area contributed by atoms with Crippen molar-refractivity contribution in [3.8, 4) is 0 Å². The minimum absolute atomic E-state index is 0.206. The molecule has 0 fully saturated rings. The molecule has 21 heavy (non-hydrogen) atoms. The predicted molar refractivity (Wildman–Crippen MR) is 83.9 cm³/mol. The van der Waals surface area contributed by atoms with Gasteiger partial charge in [-0.1, -0.05) is 22.0 Å². The Morgan fingerprint density at radius 2 is 2.10 bits per heavy atom. The molecule has 0 aliphatic heterocycles. The van der Waals surface area contributed by atoms with Gasteiger partial charge in [-0.3, -0.25) is 4.79 Å². The molecule has 0 spiro atoms. The van der Waals surface area contributed by atoms with Crippen LogP contribution in [0.25, 0.3) is 0 Å². The highest BCUT2D eigenvalue weighted by atomic mass is 79.9. The van der Waals surface area contributed by atoms with Gasteiger partial charge in [-0.25, -0.2) is 9.78 Å². The van der Waals surface area contributed by atoms with E-state index >= 15 is 0 Å². The average Bonchev–Trinajstić information content (AvgIpc) is 2.80. The number of aromatic carboxylic acids is 1. The van der Waals surface area contributed by atoms with Crippen molar-refractivity contribution in [2.75, 3.05) is 0 Å². The first-order valence-electron chi connectivity index (χ1n) is 6.12. The molecule has 1 aromatic carbocycles. The number of carboxylic acid groups (broad SMARTS) is 1. The number of carboxylic acids is 1. The van der Waals surface area contributed by atoms with Gasteiger partial charge in [0.25, 0.3) is 5.91 Å². The van der Waals surface area contributed by atoms with Crippen molar-refractivity contribution < 1.29 is 14.7 Å². The van der Waals surface area contributed by atoms with Crippen molar-refractivity contribution in [2.45, 2.75) is 20.4 Å². The molecule has 1 amide bonds. The summed E-state index contributed by atoms with van der Waals surface area (Å²) in [7, 11) is 0. The van der Waals surface area contributed by atoms with Gasteiger partial charge >= 0.3 is 5.97 Å². The third-order valence-corrected chi connectivity index (χ3v) is 4.52. The number of halogens is 1. The first-order chi connectivity index (χ1) is 9.88. The van der Waals surface area contributed by atoms with Crippen molar-refractivity contribution in [2.24, 2.45) is 0 Å². The molecule has 2 aromatic rings. The third-order valence-electron chi connectivity index (χ3n) is 2.88. The van der Waals surface area contributed by atoms with Gasteiger partial charge in [0.15, 0.2) is 0 Å². The minimum Gasteiger partial charge on any atom is -0.477 e. The van der Waals surface area contributed by atoms with Crippen molar-refractivity contribution in [3.63, 3.8) is 0 Å². The number of aromatic nitrogens is 1. The second-order valence-corrected chi connectivity index (χ2v) is 6.47. The molecule has 1 heterocycles. The standard InChI is InChI=1S/C14H13BrN2O3S/c1-7-3-4-9(15)5-10(7)13(18)16-6-11-17-8(2)12(21-11)14(19)20/h3-5H,6H2,1-2H3,(H,16,18)(H,19,20). The zero-order chi connectivity index (χ0) is 15.6. The second-order valence-electron chi connectivity index (χ2n) is 4.47. The summed E-state index contributed by atoms with van der Waals surface area (Å²) < 4.78 is 0.830. The highest BCUT2D eigenvalue weighted by Gasteiger charge is 2.15. The Hall–Kier alpha value is -1.73. The van der Waals surface area contributed by atoms with Crippen LogP contribution in [0.3, 0.4) is 0 Å². The maximum atomic E-state index is 12.1. The molecule has 0 aliphatic rings. The number of carbonyl (C=O) groups excluding carboxylic acids is 1. The molecule has 0 saturated heterocycles. The number of nitrogens with zero attached hydrogens (tertiary/aromatic N) is 1. The number of thiazole rings is 1. The van der Waals surface area contributed by atoms with Crippen LogP contribution in [0.5, 0.6) is 0 Å². The van der Waals surface area contributed by atoms with E-state index in [1.807, 2.05) is 19.1 Å². The fraction of sp³-hybridized carbons (Fsp3) is 0.214. The molecule has 0 radical (unpaired) electrons. The van der Waals surface area contributed by atoms with Gasteiger partial charge in [-0.15, -0.1) is 11.3 Å². The first-order valence-corrected chi connectivity index (χ1v) is 7.73. The lowest BCUT2D eigenvalue weighted by Crippen LogP contribution is -2.23. The molecule has 0 atom stereocenters. The summed E-state index contributed by atoms with van der Waals surface area (Å²) in [6.07, 6.45) is 0. The summed E-state index contributed by atoms with van der Waals surface area (Å²) in [6, 6.07) is 5.48. The molecule has 0 unspecified atom stereocenters. The number of rotatable bonds is 4. The van der Waals surface area contributed by atoms with Gasteiger partial charge in [0.05, 0.1) is 12.2 Å². The summed E-state index contributed by atoms with van der Waals surface area (Å²) in [5.41, 5.74) is 1.92. The lowest BCUT2D eigenvalue weighted by atomic mass is 10.1. The van der Waals surface area contributed by atoms with Crippen molar-refractivity contribution in [3.05, 3.63) is 49.4 Å². The van der Waals surface area contributed by atoms with E-state index in [9.17, 15) is 9.59 Å². The Morgan fingerprint density at radius 1 is 1.38 bits per heavy atom. The van der Waals surface area contributed by atoms with Gasteiger partial charge < -0.3 is 10.4 Å². The van der Waals surface area contributed by atoms with E-state index in [0.717, 1.165) is 21.4 Å². The van der Waals surface area contributed by atoms with E-state index in [2.05, 4.69) is 26.2 Å². The van der Waals surface area contributed by atoms with E-state index in [-0.39, 0.29) is 17.3 Å². The van der Waals surface area contributed by atoms with E-state index < -0.39 is 5.97 Å². The van der Waals surface area contributed by atoms with Gasteiger partial charge in [0.2, 0.25) is 0 Å². The van der Waals surface area contributed by atoms with E-state index in [4.69, 9.17) is 5.11 Å². The normalized spacial score (nSPS) is 10.4. The summed E-state index contributed by atoms with van der Waals surface area (Å²) in [5, 5.41) is 12.3. The van der Waals surface area contributed by atoms with Crippen LogP contribution >= 0.6 is 27.3 Å². The maximum Gasteiger partial charge on any atom is 0.347 e. The van der Waals surface area contributed by atoms with Crippen LogP contribution in [0, 0.1) is 13.8 Å². The van der Waals surface area contributed by atoms with Crippen LogP contribution in [-0.2, 0) is 6.54 Å². The summed E-state index contributed by atoms with van der Waals surface area (Å²) in [6.45, 7) is 3.71. The SMILES string of the molecule is Cc1ccc(Br)cc1C(=O)NCc1nc(C)c(C(=O)O)s1. The second kappa shape index (κ2) is 6.36. The predicted octanol–water partition coefficient (Wildman–Crippen LogP) is 3.15. The Labute approximate surface area is 134 Å². The minimum atomic E-state index is -0.995. The largest absolute Gasteiger partial charge is 0.477 e. The van der Waals surface area contributed by atoms with Gasteiger partial charge in [0.1, 0.15) is 9.88 Å². The first kappa shape index (κ1) is 15.7. The molecule has 5 nitrogen and oxygen atoms in total. The topological polar surface area (TPSA) is 79.3 Å². The van der Waals surface area contributed by atoms with Crippen LogP contribution in [0.15, 0.2) is 22.7 Å². The van der Waals surface area contributed by atoms with Crippen LogP contribution in [-0.4, -0.2) is 22.0 Å². The molecule has 7 heteroatoms. The molecular weight excluding hydrogens is 356 g/mol. The summed E-state index contributed by atoms with van der Waals surface area (Å²) in [5.74, 6) is -1.20. The van der Waals surface area contributed by atoms with Gasteiger partial charge in [-0.05, 0) is 31.5 Å². The monoisotopic (exact) mass is 368 g/mol. The number of carbonyl (C=O) groups is 2. The quantitative estimate of drug-likeness (QED) is 0.868. The summed E-state index contributed by atoms with van der Waals surface area (Å²) >= 11 is 4.41. The zero-order valence-electron chi connectivity index (χ0n) is 11.4. The van der Waals surface area contributed by atoms with Gasteiger partial charge in [0, 0.05) is 10.0 Å². The molecule has 2 N–H and O–H groups in total. The van der Waals surface area contributed by atoms with Crippen molar-refractivity contribution >= 4 is 39.1 Å². The number of nitrogens with one attached hydrogen (secondary N) is 1. The molecule has 0 saturated carbocycles. The van der Waals surface area contributed by atoms with Gasteiger partial charge in [-0.2, -0.15) is 0 Å². The fourth-order valence-corrected chi connectivity index (χ4v) is 3.02. The summed E-state index contributed by atoms with van der Waals surface area (Å²) in [4.78, 5) is 27.5. The van der Waals surface area contributed by atoms with Crippen molar-refractivity contribution in [1.82, 2.24) is 10.3 Å². The van der Waals surface area contributed by atoms with Crippen LogP contribution in [0.2, 0.25) is 0 Å².